The Morgan fingerprint density at radius 2 is 1.88 bits per heavy atom. The zero-order valence-electron chi connectivity index (χ0n) is 15.1. The van der Waals surface area contributed by atoms with Gasteiger partial charge in [0.1, 0.15) is 5.69 Å². The van der Waals surface area contributed by atoms with Crippen LogP contribution in [0.2, 0.25) is 0 Å². The predicted octanol–water partition coefficient (Wildman–Crippen LogP) is 1.58. The first-order chi connectivity index (χ1) is 12.6. The zero-order chi connectivity index (χ0) is 18.8. The van der Waals surface area contributed by atoms with Crippen molar-refractivity contribution in [1.82, 2.24) is 20.2 Å². The Hall–Kier alpha value is -2.80. The molecule has 0 aliphatic heterocycles. The molecule has 138 valence electrons. The third-order valence-corrected chi connectivity index (χ3v) is 3.79. The molecule has 7 heteroatoms. The van der Waals surface area contributed by atoms with Gasteiger partial charge in [0, 0.05) is 39.4 Å². The van der Waals surface area contributed by atoms with Gasteiger partial charge in [-0.3, -0.25) is 14.6 Å². The van der Waals surface area contributed by atoms with Gasteiger partial charge in [-0.1, -0.05) is 30.3 Å². The lowest BCUT2D eigenvalue weighted by atomic mass is 10.2. The number of carbonyl (C=O) groups excluding carboxylic acids is 2. The fraction of sp³-hybridized carbons (Fsp3) is 0.368. The molecule has 0 saturated heterocycles. The number of aryl methyl sites for hydroxylation is 1. The number of nitrogens with one attached hydrogen (secondary N) is 1. The van der Waals surface area contributed by atoms with Crippen molar-refractivity contribution in [2.75, 3.05) is 26.8 Å². The number of benzene rings is 1. The molecule has 0 atom stereocenters. The van der Waals surface area contributed by atoms with E-state index in [1.165, 1.54) is 6.20 Å². The first-order valence-electron chi connectivity index (χ1n) is 8.47. The summed E-state index contributed by atoms with van der Waals surface area (Å²) in [5.74, 6) is -0.371. The molecule has 0 radical (unpaired) electrons. The van der Waals surface area contributed by atoms with E-state index in [0.29, 0.717) is 26.2 Å². The summed E-state index contributed by atoms with van der Waals surface area (Å²) in [5.41, 5.74) is 2.03. The molecule has 1 aromatic heterocycles. The van der Waals surface area contributed by atoms with E-state index in [1.54, 1.807) is 25.1 Å². The summed E-state index contributed by atoms with van der Waals surface area (Å²) >= 11 is 0. The van der Waals surface area contributed by atoms with Crippen molar-refractivity contribution < 1.29 is 14.3 Å². The van der Waals surface area contributed by atoms with Crippen molar-refractivity contribution in [2.24, 2.45) is 0 Å². The van der Waals surface area contributed by atoms with E-state index in [1.807, 2.05) is 30.3 Å². The van der Waals surface area contributed by atoms with Gasteiger partial charge in [-0.05, 0) is 12.5 Å². The van der Waals surface area contributed by atoms with Crippen LogP contribution in [0, 0.1) is 6.92 Å². The van der Waals surface area contributed by atoms with Crippen molar-refractivity contribution >= 4 is 11.8 Å². The molecule has 2 aromatic rings. The Morgan fingerprint density at radius 3 is 2.54 bits per heavy atom. The maximum atomic E-state index is 12.6. The average molecular weight is 356 g/mol. The van der Waals surface area contributed by atoms with Crippen LogP contribution < -0.4 is 5.32 Å². The standard InChI is InChI=1S/C19H24N4O3/c1-15-12-21-17(14-20-15)19(25)23(10-11-26-2)9-8-18(24)22-13-16-6-4-3-5-7-16/h3-7,12,14H,8-11,13H2,1-2H3,(H,22,24). The second-order valence-electron chi connectivity index (χ2n) is 5.84. The topological polar surface area (TPSA) is 84.4 Å². The number of hydrogen-bond acceptors (Lipinski definition) is 5. The summed E-state index contributed by atoms with van der Waals surface area (Å²) in [6, 6.07) is 9.68. The van der Waals surface area contributed by atoms with Gasteiger partial charge in [-0.2, -0.15) is 0 Å². The number of amides is 2. The molecule has 1 aromatic carbocycles. The molecule has 1 N–H and O–H groups in total. The highest BCUT2D eigenvalue weighted by Gasteiger charge is 2.18. The normalized spacial score (nSPS) is 10.4. The first kappa shape index (κ1) is 19.5. The van der Waals surface area contributed by atoms with E-state index in [0.717, 1.165) is 11.3 Å². The van der Waals surface area contributed by atoms with E-state index in [-0.39, 0.29) is 23.9 Å². The summed E-state index contributed by atoms with van der Waals surface area (Å²) < 4.78 is 5.06. The first-order valence-corrected chi connectivity index (χ1v) is 8.47. The van der Waals surface area contributed by atoms with Gasteiger partial charge in [-0.15, -0.1) is 0 Å². The molecule has 0 unspecified atom stereocenters. The summed E-state index contributed by atoms with van der Waals surface area (Å²) in [6.07, 6.45) is 3.21. The number of carbonyl (C=O) groups is 2. The highest BCUT2D eigenvalue weighted by molar-refractivity contribution is 5.92. The van der Waals surface area contributed by atoms with Crippen LogP contribution in [0.15, 0.2) is 42.7 Å². The van der Waals surface area contributed by atoms with Gasteiger partial charge in [0.2, 0.25) is 5.91 Å². The van der Waals surface area contributed by atoms with Crippen molar-refractivity contribution in [2.45, 2.75) is 19.9 Å². The van der Waals surface area contributed by atoms with Crippen LogP contribution in [0.1, 0.15) is 28.2 Å². The number of ether oxygens (including phenoxy) is 1. The minimum Gasteiger partial charge on any atom is -0.383 e. The molecule has 0 fully saturated rings. The second-order valence-corrected chi connectivity index (χ2v) is 5.84. The molecule has 26 heavy (non-hydrogen) atoms. The monoisotopic (exact) mass is 356 g/mol. The third kappa shape index (κ3) is 6.25. The Bertz CT molecular complexity index is 704. The molecule has 0 aliphatic carbocycles. The molecule has 7 nitrogen and oxygen atoms in total. The van der Waals surface area contributed by atoms with Crippen LogP contribution in [0.5, 0.6) is 0 Å². The van der Waals surface area contributed by atoms with Gasteiger partial charge in [0.15, 0.2) is 0 Å². The van der Waals surface area contributed by atoms with Crippen LogP contribution >= 0.6 is 0 Å². The molecule has 2 rings (SSSR count). The lowest BCUT2D eigenvalue weighted by molar-refractivity contribution is -0.121. The number of nitrogens with zero attached hydrogens (tertiary/aromatic N) is 3. The SMILES string of the molecule is COCCN(CCC(=O)NCc1ccccc1)C(=O)c1cnc(C)cn1. The summed E-state index contributed by atoms with van der Waals surface area (Å²) in [5, 5.41) is 2.86. The number of rotatable bonds is 9. The van der Waals surface area contributed by atoms with E-state index in [4.69, 9.17) is 4.74 Å². The van der Waals surface area contributed by atoms with Crippen LogP contribution in [0.4, 0.5) is 0 Å². The predicted molar refractivity (Wildman–Crippen MR) is 97.5 cm³/mol. The van der Waals surface area contributed by atoms with E-state index in [9.17, 15) is 9.59 Å². The van der Waals surface area contributed by atoms with Crippen LogP contribution in [-0.4, -0.2) is 53.5 Å². The maximum absolute atomic E-state index is 12.6. The van der Waals surface area contributed by atoms with Crippen molar-refractivity contribution in [3.63, 3.8) is 0 Å². The second kappa shape index (κ2) is 10.2. The van der Waals surface area contributed by atoms with Gasteiger partial charge >= 0.3 is 0 Å². The fourth-order valence-electron chi connectivity index (χ4n) is 2.30. The molecule has 0 aliphatic rings. The van der Waals surface area contributed by atoms with Gasteiger partial charge in [0.25, 0.3) is 5.91 Å². The molecule has 0 saturated carbocycles. The Labute approximate surface area is 153 Å². The Morgan fingerprint density at radius 1 is 1.12 bits per heavy atom. The summed E-state index contributed by atoms with van der Waals surface area (Å²) in [4.78, 5) is 34.5. The Balaban J connectivity index is 1.89. The Kier molecular flexibility index (Phi) is 7.70. The zero-order valence-corrected chi connectivity index (χ0v) is 15.1. The summed E-state index contributed by atoms with van der Waals surface area (Å²) in [6.45, 7) is 3.34. The minimum atomic E-state index is -0.259. The highest BCUT2D eigenvalue weighted by atomic mass is 16.5. The largest absolute Gasteiger partial charge is 0.383 e. The molecular weight excluding hydrogens is 332 g/mol. The van der Waals surface area contributed by atoms with Crippen molar-refractivity contribution in [3.05, 3.63) is 59.7 Å². The minimum absolute atomic E-state index is 0.112. The van der Waals surface area contributed by atoms with Gasteiger partial charge in [0.05, 0.1) is 18.5 Å². The van der Waals surface area contributed by atoms with Gasteiger partial charge in [-0.25, -0.2) is 4.98 Å². The summed E-state index contributed by atoms with van der Waals surface area (Å²) in [7, 11) is 1.57. The molecule has 0 spiro atoms. The van der Waals surface area contributed by atoms with Crippen molar-refractivity contribution in [3.8, 4) is 0 Å². The van der Waals surface area contributed by atoms with Crippen LogP contribution in [0.3, 0.4) is 0 Å². The fourth-order valence-corrected chi connectivity index (χ4v) is 2.30. The molecule has 1 heterocycles. The number of aromatic nitrogens is 2. The van der Waals surface area contributed by atoms with Gasteiger partial charge < -0.3 is 15.0 Å². The average Bonchev–Trinajstić information content (AvgIpc) is 2.67. The van der Waals surface area contributed by atoms with Crippen LogP contribution in [-0.2, 0) is 16.1 Å². The number of hydrogen-bond donors (Lipinski definition) is 1. The highest BCUT2D eigenvalue weighted by Crippen LogP contribution is 2.04. The lowest BCUT2D eigenvalue weighted by Crippen LogP contribution is -2.37. The molecule has 0 bridgehead atoms. The quantitative estimate of drug-likeness (QED) is 0.737. The van der Waals surface area contributed by atoms with E-state index in [2.05, 4.69) is 15.3 Å². The smallest absolute Gasteiger partial charge is 0.274 e. The third-order valence-electron chi connectivity index (χ3n) is 3.79. The van der Waals surface area contributed by atoms with Crippen molar-refractivity contribution in [1.29, 1.82) is 0 Å². The number of methoxy groups -OCH3 is 1. The molecular formula is C19H24N4O3. The van der Waals surface area contributed by atoms with Crippen LogP contribution in [0.25, 0.3) is 0 Å². The maximum Gasteiger partial charge on any atom is 0.274 e. The van der Waals surface area contributed by atoms with E-state index < -0.39 is 0 Å². The molecule has 2 amide bonds. The van der Waals surface area contributed by atoms with E-state index >= 15 is 0 Å². The lowest BCUT2D eigenvalue weighted by Gasteiger charge is -2.21.